The van der Waals surface area contributed by atoms with Crippen molar-refractivity contribution in [2.75, 3.05) is 0 Å². The van der Waals surface area contributed by atoms with Gasteiger partial charge in [-0.25, -0.2) is 4.98 Å². The van der Waals surface area contributed by atoms with Crippen LogP contribution in [0.25, 0.3) is 22.0 Å². The van der Waals surface area contributed by atoms with E-state index in [1.54, 1.807) is 12.5 Å². The molecule has 4 heteroatoms. The Bertz CT molecular complexity index is 1040. The molecule has 0 amide bonds. The number of pyridine rings is 1. The lowest BCUT2D eigenvalue weighted by atomic mass is 10.0. The molecule has 24 heavy (non-hydrogen) atoms. The van der Waals surface area contributed by atoms with E-state index < -0.39 is 0 Å². The highest BCUT2D eigenvalue weighted by Crippen LogP contribution is 2.22. The Morgan fingerprint density at radius 2 is 1.92 bits per heavy atom. The predicted molar refractivity (Wildman–Crippen MR) is 96.1 cm³/mol. The van der Waals surface area contributed by atoms with Gasteiger partial charge in [-0.05, 0) is 41.1 Å². The topological polar surface area (TPSA) is 50.7 Å². The minimum Gasteiger partial charge on any atom is -0.333 e. The van der Waals surface area contributed by atoms with Gasteiger partial charge in [0.25, 0.3) is 5.56 Å². The molecule has 0 radical (unpaired) electrons. The Kier molecular flexibility index (Phi) is 3.50. The van der Waals surface area contributed by atoms with E-state index in [9.17, 15) is 4.79 Å². The first kappa shape index (κ1) is 14.5. The first-order valence-electron chi connectivity index (χ1n) is 7.88. The Morgan fingerprint density at radius 1 is 1.08 bits per heavy atom. The number of nitrogens with one attached hydrogen (secondary N) is 1. The molecule has 0 spiro atoms. The number of imidazole rings is 1. The van der Waals surface area contributed by atoms with Crippen LogP contribution in [0.15, 0.2) is 72.0 Å². The lowest BCUT2D eigenvalue weighted by Gasteiger charge is -2.08. The van der Waals surface area contributed by atoms with E-state index in [1.165, 1.54) is 5.56 Å². The summed E-state index contributed by atoms with van der Waals surface area (Å²) in [7, 11) is 0. The van der Waals surface area contributed by atoms with Crippen LogP contribution in [0.2, 0.25) is 0 Å². The molecule has 0 aliphatic rings. The third-order valence-electron chi connectivity index (χ3n) is 4.29. The average Bonchev–Trinajstić information content (AvgIpc) is 3.09. The lowest BCUT2D eigenvalue weighted by molar-refractivity contribution is 0.797. The van der Waals surface area contributed by atoms with Gasteiger partial charge in [0.1, 0.15) is 0 Å². The number of benzene rings is 2. The Hall–Kier alpha value is -3.14. The van der Waals surface area contributed by atoms with E-state index in [-0.39, 0.29) is 5.56 Å². The fourth-order valence-corrected chi connectivity index (χ4v) is 2.98. The minimum absolute atomic E-state index is 0.0475. The number of hydrogen-bond donors (Lipinski definition) is 1. The maximum Gasteiger partial charge on any atom is 0.256 e. The van der Waals surface area contributed by atoms with Crippen LogP contribution >= 0.6 is 0 Å². The highest BCUT2D eigenvalue weighted by Gasteiger charge is 2.06. The fraction of sp³-hybridized carbons (Fsp3) is 0.100. The molecule has 4 aromatic rings. The van der Waals surface area contributed by atoms with Crippen molar-refractivity contribution in [2.45, 2.75) is 13.5 Å². The second-order valence-corrected chi connectivity index (χ2v) is 5.98. The average molecular weight is 315 g/mol. The number of aromatic nitrogens is 3. The molecule has 0 fully saturated rings. The number of hydrogen-bond acceptors (Lipinski definition) is 2. The van der Waals surface area contributed by atoms with Crippen molar-refractivity contribution in [3.63, 3.8) is 0 Å². The van der Waals surface area contributed by atoms with Crippen LogP contribution in [0.5, 0.6) is 0 Å². The lowest BCUT2D eigenvalue weighted by Crippen LogP contribution is -2.07. The largest absolute Gasteiger partial charge is 0.333 e. The molecular weight excluding hydrogens is 298 g/mol. The molecular formula is C20H17N3O. The van der Waals surface area contributed by atoms with Crippen LogP contribution in [-0.4, -0.2) is 14.5 Å². The first-order chi connectivity index (χ1) is 11.7. The number of H-pyrrole nitrogens is 1. The molecule has 1 N–H and O–H groups in total. The summed E-state index contributed by atoms with van der Waals surface area (Å²) >= 11 is 0. The normalized spacial score (nSPS) is 11.0. The van der Waals surface area contributed by atoms with Gasteiger partial charge in [0.15, 0.2) is 0 Å². The predicted octanol–water partition coefficient (Wildman–Crippen LogP) is 3.75. The highest BCUT2D eigenvalue weighted by atomic mass is 16.1. The summed E-state index contributed by atoms with van der Waals surface area (Å²) in [6, 6.07) is 16.1. The summed E-state index contributed by atoms with van der Waals surface area (Å²) in [5.74, 6) is 0. The standard InChI is InChI=1S/C20H17N3O/c1-14-3-2-4-17-18(14)11-19(22-20(17)24)16-7-5-15(6-8-16)12-23-10-9-21-13-23/h2-11,13H,12H2,1H3,(H,22,24). The van der Waals surface area contributed by atoms with Crippen LogP contribution in [0.3, 0.4) is 0 Å². The molecule has 4 nitrogen and oxygen atoms in total. The zero-order valence-corrected chi connectivity index (χ0v) is 13.4. The van der Waals surface area contributed by atoms with E-state index in [0.717, 1.165) is 34.1 Å². The third-order valence-corrected chi connectivity index (χ3v) is 4.29. The number of aromatic amines is 1. The van der Waals surface area contributed by atoms with Gasteiger partial charge < -0.3 is 9.55 Å². The van der Waals surface area contributed by atoms with Gasteiger partial charge >= 0.3 is 0 Å². The van der Waals surface area contributed by atoms with Gasteiger partial charge in [-0.15, -0.1) is 0 Å². The number of fused-ring (bicyclic) bond motifs is 1. The van der Waals surface area contributed by atoms with Crippen LogP contribution < -0.4 is 5.56 Å². The summed E-state index contributed by atoms with van der Waals surface area (Å²) in [5.41, 5.74) is 4.10. The highest BCUT2D eigenvalue weighted by molar-refractivity contribution is 5.87. The summed E-state index contributed by atoms with van der Waals surface area (Å²) in [4.78, 5) is 19.4. The van der Waals surface area contributed by atoms with Gasteiger partial charge in [-0.1, -0.05) is 36.4 Å². The van der Waals surface area contributed by atoms with Crippen LogP contribution in [-0.2, 0) is 6.54 Å². The first-order valence-corrected chi connectivity index (χ1v) is 7.88. The monoisotopic (exact) mass is 315 g/mol. The fourth-order valence-electron chi connectivity index (χ4n) is 2.98. The summed E-state index contributed by atoms with van der Waals surface area (Å²) in [6.45, 7) is 2.81. The van der Waals surface area contributed by atoms with Crippen molar-refractivity contribution >= 4 is 10.8 Å². The molecule has 2 aromatic heterocycles. The molecule has 0 atom stereocenters. The molecule has 0 saturated carbocycles. The summed E-state index contributed by atoms with van der Waals surface area (Å²) in [6.07, 6.45) is 5.52. The number of nitrogens with zero attached hydrogens (tertiary/aromatic N) is 2. The van der Waals surface area contributed by atoms with E-state index in [1.807, 2.05) is 48.0 Å². The molecule has 0 unspecified atom stereocenters. The number of aryl methyl sites for hydroxylation is 1. The molecule has 118 valence electrons. The molecule has 0 aliphatic carbocycles. The Balaban J connectivity index is 1.72. The maximum absolute atomic E-state index is 12.3. The smallest absolute Gasteiger partial charge is 0.256 e. The van der Waals surface area contributed by atoms with E-state index in [0.29, 0.717) is 0 Å². The van der Waals surface area contributed by atoms with E-state index >= 15 is 0 Å². The van der Waals surface area contributed by atoms with Gasteiger partial charge in [0.05, 0.1) is 6.33 Å². The van der Waals surface area contributed by atoms with Crippen LogP contribution in [0.4, 0.5) is 0 Å². The molecule has 2 heterocycles. The van der Waals surface area contributed by atoms with Crippen LogP contribution in [0.1, 0.15) is 11.1 Å². The third kappa shape index (κ3) is 2.63. The van der Waals surface area contributed by atoms with Crippen molar-refractivity contribution < 1.29 is 0 Å². The van der Waals surface area contributed by atoms with E-state index in [2.05, 4.69) is 28.2 Å². The van der Waals surface area contributed by atoms with Crippen molar-refractivity contribution in [2.24, 2.45) is 0 Å². The number of rotatable bonds is 3. The second kappa shape index (κ2) is 5.81. The van der Waals surface area contributed by atoms with Gasteiger partial charge in [-0.2, -0.15) is 0 Å². The van der Waals surface area contributed by atoms with Crippen LogP contribution in [0, 0.1) is 6.92 Å². The van der Waals surface area contributed by atoms with Crippen molar-refractivity contribution in [1.29, 1.82) is 0 Å². The zero-order chi connectivity index (χ0) is 16.5. The SMILES string of the molecule is Cc1cccc2c(=O)[nH]c(-c3ccc(Cn4ccnc4)cc3)cc12. The second-order valence-electron chi connectivity index (χ2n) is 5.98. The Morgan fingerprint density at radius 3 is 2.67 bits per heavy atom. The Labute approximate surface area is 139 Å². The summed E-state index contributed by atoms with van der Waals surface area (Å²) < 4.78 is 2.02. The van der Waals surface area contributed by atoms with Crippen molar-refractivity contribution in [3.05, 3.63) is 88.7 Å². The summed E-state index contributed by atoms with van der Waals surface area (Å²) in [5, 5.41) is 1.73. The molecule has 2 aromatic carbocycles. The van der Waals surface area contributed by atoms with Gasteiger partial charge in [0.2, 0.25) is 0 Å². The van der Waals surface area contributed by atoms with Gasteiger partial charge in [0, 0.05) is 30.0 Å². The van der Waals surface area contributed by atoms with E-state index in [4.69, 9.17) is 0 Å². The maximum atomic E-state index is 12.3. The van der Waals surface area contributed by atoms with Gasteiger partial charge in [-0.3, -0.25) is 4.79 Å². The molecule has 0 saturated heterocycles. The van der Waals surface area contributed by atoms with Crippen molar-refractivity contribution in [3.8, 4) is 11.3 Å². The molecule has 0 bridgehead atoms. The molecule has 4 rings (SSSR count). The quantitative estimate of drug-likeness (QED) is 0.626. The minimum atomic E-state index is -0.0475. The van der Waals surface area contributed by atoms with Crippen molar-refractivity contribution in [1.82, 2.24) is 14.5 Å². The zero-order valence-electron chi connectivity index (χ0n) is 13.4. The molecule has 0 aliphatic heterocycles.